The van der Waals surface area contributed by atoms with Gasteiger partial charge in [-0.1, -0.05) is 11.6 Å². The summed E-state index contributed by atoms with van der Waals surface area (Å²) in [6.45, 7) is 0. The molecule has 2 atom stereocenters. The lowest BCUT2D eigenvalue weighted by Gasteiger charge is -2.33. The molecule has 2 aliphatic heterocycles. The zero-order valence-electron chi connectivity index (χ0n) is 17.8. The number of nitrogen functional groups attached to an aromatic ring is 1. The first kappa shape index (κ1) is 21.9. The first-order valence-corrected chi connectivity index (χ1v) is 11.0. The summed E-state index contributed by atoms with van der Waals surface area (Å²) in [5, 5.41) is 11.0. The van der Waals surface area contributed by atoms with Crippen LogP contribution in [0.1, 0.15) is 36.7 Å². The van der Waals surface area contributed by atoms with Gasteiger partial charge in [-0.15, -0.1) is 0 Å². The second-order valence-electron chi connectivity index (χ2n) is 8.24. The van der Waals surface area contributed by atoms with E-state index in [0.29, 0.717) is 41.3 Å². The number of imidazole rings is 1. The predicted molar refractivity (Wildman–Crippen MR) is 124 cm³/mol. The Labute approximate surface area is 198 Å². The van der Waals surface area contributed by atoms with E-state index in [-0.39, 0.29) is 34.3 Å². The molecule has 2 amide bonds. The number of nitrogens with zero attached hydrogens (tertiary/aromatic N) is 3. The fraction of sp³-hybridized carbons (Fsp3) is 0.217. The highest BCUT2D eigenvalue weighted by Gasteiger charge is 2.42. The number of aromatic amines is 1. The maximum atomic E-state index is 14.7. The third-order valence-electron chi connectivity index (χ3n) is 6.16. The van der Waals surface area contributed by atoms with Crippen LogP contribution < -0.4 is 11.1 Å². The lowest BCUT2D eigenvalue weighted by molar-refractivity contribution is -0.129. The van der Waals surface area contributed by atoms with Gasteiger partial charge in [0.1, 0.15) is 5.82 Å². The molecular weight excluding hydrogens is 463 g/mol. The number of pyridine rings is 1. The maximum Gasteiger partial charge on any atom is 0.409 e. The van der Waals surface area contributed by atoms with Crippen molar-refractivity contribution in [1.29, 1.82) is 0 Å². The molecule has 3 aromatic rings. The highest BCUT2D eigenvalue weighted by molar-refractivity contribution is 6.31. The maximum absolute atomic E-state index is 14.7. The molecule has 2 aromatic heterocycles. The molecule has 0 radical (unpaired) electrons. The van der Waals surface area contributed by atoms with Gasteiger partial charge in [0, 0.05) is 23.4 Å². The molecule has 4 heterocycles. The molecular formula is C23H20ClFN6O3. The number of amides is 2. The van der Waals surface area contributed by atoms with Crippen LogP contribution in [0.25, 0.3) is 17.0 Å². The van der Waals surface area contributed by atoms with E-state index >= 15 is 0 Å². The Kier molecular flexibility index (Phi) is 5.45. The Morgan fingerprint density at radius 2 is 2.06 bits per heavy atom. The number of benzene rings is 1. The van der Waals surface area contributed by atoms with Gasteiger partial charge in [-0.25, -0.2) is 14.2 Å². The van der Waals surface area contributed by atoms with Gasteiger partial charge in [0.25, 0.3) is 0 Å². The third kappa shape index (κ3) is 3.86. The van der Waals surface area contributed by atoms with Crippen LogP contribution in [0, 0.1) is 5.82 Å². The smallest absolute Gasteiger partial charge is 0.409 e. The van der Waals surface area contributed by atoms with Crippen molar-refractivity contribution in [3.63, 3.8) is 0 Å². The fourth-order valence-corrected chi connectivity index (χ4v) is 4.83. The van der Waals surface area contributed by atoms with Crippen molar-refractivity contribution in [2.45, 2.75) is 31.3 Å². The average Bonchev–Trinajstić information content (AvgIpc) is 3.44. The van der Waals surface area contributed by atoms with Crippen LogP contribution in [0.15, 0.2) is 42.7 Å². The van der Waals surface area contributed by atoms with Gasteiger partial charge in [0.15, 0.2) is 5.82 Å². The molecule has 0 bridgehead atoms. The number of hydrogen-bond acceptors (Lipinski definition) is 5. The minimum Gasteiger partial charge on any atom is -0.465 e. The molecule has 0 saturated carbocycles. The lowest BCUT2D eigenvalue weighted by Crippen LogP contribution is -2.39. The highest BCUT2D eigenvalue weighted by Crippen LogP contribution is 2.44. The van der Waals surface area contributed by atoms with Crippen molar-refractivity contribution in [2.75, 3.05) is 11.1 Å². The van der Waals surface area contributed by atoms with E-state index in [1.54, 1.807) is 29.3 Å². The van der Waals surface area contributed by atoms with Crippen LogP contribution in [-0.4, -0.2) is 43.0 Å². The molecule has 0 aliphatic carbocycles. The van der Waals surface area contributed by atoms with Crippen LogP contribution in [0.3, 0.4) is 0 Å². The number of nitrogens with one attached hydrogen (secondary N) is 2. The highest BCUT2D eigenvalue weighted by atomic mass is 35.5. The van der Waals surface area contributed by atoms with Gasteiger partial charge >= 0.3 is 6.09 Å². The standard InChI is InChI=1S/C23H20ClFN6O3/c24-14-3-4-15(26)20(21(14)25)11-7-13-2-6-18(31(13)19(32)8-11)22-28-10-17(30-22)16-5-1-12(9-27-16)29-23(33)34/h1,3-5,8-10,13,18,29H,2,6-7,26H2,(H,28,30)(H,33,34)/t13?,18-/m0/s1. The average molecular weight is 483 g/mol. The van der Waals surface area contributed by atoms with Gasteiger partial charge in [0.2, 0.25) is 5.91 Å². The minimum atomic E-state index is -1.17. The summed E-state index contributed by atoms with van der Waals surface area (Å²) in [4.78, 5) is 37.6. The third-order valence-corrected chi connectivity index (χ3v) is 6.45. The van der Waals surface area contributed by atoms with Crippen molar-refractivity contribution in [3.05, 3.63) is 65.0 Å². The molecule has 174 valence electrons. The Bertz CT molecular complexity index is 1320. The van der Waals surface area contributed by atoms with Crippen LogP contribution >= 0.6 is 11.6 Å². The number of aromatic nitrogens is 3. The van der Waals surface area contributed by atoms with E-state index in [2.05, 4.69) is 20.3 Å². The van der Waals surface area contributed by atoms with Crippen molar-refractivity contribution in [3.8, 4) is 11.4 Å². The molecule has 0 spiro atoms. The van der Waals surface area contributed by atoms with E-state index in [1.165, 1.54) is 18.3 Å². The van der Waals surface area contributed by atoms with Crippen molar-refractivity contribution < 1.29 is 19.1 Å². The number of fused-ring (bicyclic) bond motifs is 1. The lowest BCUT2D eigenvalue weighted by atomic mass is 9.92. The fourth-order valence-electron chi connectivity index (χ4n) is 4.67. The second-order valence-corrected chi connectivity index (χ2v) is 8.64. The van der Waals surface area contributed by atoms with Gasteiger partial charge in [-0.2, -0.15) is 0 Å². The largest absolute Gasteiger partial charge is 0.465 e. The summed E-state index contributed by atoms with van der Waals surface area (Å²) >= 11 is 5.94. The number of anilines is 2. The molecule has 1 saturated heterocycles. The van der Waals surface area contributed by atoms with Crippen LogP contribution in [0.4, 0.5) is 20.6 Å². The van der Waals surface area contributed by atoms with Crippen LogP contribution in [-0.2, 0) is 4.79 Å². The van der Waals surface area contributed by atoms with Crippen LogP contribution in [0.2, 0.25) is 5.02 Å². The molecule has 11 heteroatoms. The second kappa shape index (κ2) is 8.45. The summed E-state index contributed by atoms with van der Waals surface area (Å²) in [6.07, 6.45) is 5.21. The van der Waals surface area contributed by atoms with Crippen molar-refractivity contribution in [2.24, 2.45) is 0 Å². The van der Waals surface area contributed by atoms with Crippen LogP contribution in [0.5, 0.6) is 0 Å². The molecule has 1 fully saturated rings. The van der Waals surface area contributed by atoms with E-state index < -0.39 is 11.9 Å². The van der Waals surface area contributed by atoms with Gasteiger partial charge in [-0.05, 0) is 49.1 Å². The Balaban J connectivity index is 1.38. The minimum absolute atomic E-state index is 0.0345. The number of carboxylic acid groups (broad SMARTS) is 1. The van der Waals surface area contributed by atoms with E-state index in [1.807, 2.05) is 0 Å². The van der Waals surface area contributed by atoms with E-state index in [9.17, 15) is 14.0 Å². The summed E-state index contributed by atoms with van der Waals surface area (Å²) < 4.78 is 14.7. The van der Waals surface area contributed by atoms with E-state index in [0.717, 1.165) is 6.42 Å². The molecule has 9 nitrogen and oxygen atoms in total. The molecule has 1 unspecified atom stereocenters. The molecule has 1 aromatic carbocycles. The molecule has 5 rings (SSSR count). The summed E-state index contributed by atoms with van der Waals surface area (Å²) in [5.41, 5.74) is 8.57. The van der Waals surface area contributed by atoms with Gasteiger partial charge in [-0.3, -0.25) is 15.1 Å². The Hall–Kier alpha value is -3.92. The number of H-pyrrole nitrogens is 1. The first-order valence-electron chi connectivity index (χ1n) is 10.6. The molecule has 2 aliphatic rings. The Morgan fingerprint density at radius 3 is 2.79 bits per heavy atom. The number of hydrogen-bond donors (Lipinski definition) is 4. The predicted octanol–water partition coefficient (Wildman–Crippen LogP) is 4.46. The zero-order chi connectivity index (χ0) is 24.0. The number of halogens is 2. The molecule has 5 N–H and O–H groups in total. The summed E-state index contributed by atoms with van der Waals surface area (Å²) in [5.74, 6) is -0.213. The number of carbonyl (C=O) groups is 2. The van der Waals surface area contributed by atoms with E-state index in [4.69, 9.17) is 22.4 Å². The quantitative estimate of drug-likeness (QED) is 0.405. The topological polar surface area (TPSA) is 137 Å². The molecule has 34 heavy (non-hydrogen) atoms. The number of carbonyl (C=O) groups excluding carboxylic acids is 1. The zero-order valence-corrected chi connectivity index (χ0v) is 18.5. The van der Waals surface area contributed by atoms with Gasteiger partial charge < -0.3 is 20.7 Å². The number of rotatable bonds is 4. The van der Waals surface area contributed by atoms with Gasteiger partial charge in [0.05, 0.1) is 40.5 Å². The summed E-state index contributed by atoms with van der Waals surface area (Å²) in [7, 11) is 0. The number of nitrogens with two attached hydrogens (primary N) is 1. The normalized spacial score (nSPS) is 19.6. The summed E-state index contributed by atoms with van der Waals surface area (Å²) in [6, 6.07) is 5.85. The van der Waals surface area contributed by atoms with Crippen molar-refractivity contribution in [1.82, 2.24) is 19.9 Å². The SMILES string of the molecule is Nc1ccc(Cl)c(F)c1C1=CC(=O)N2C(CC[C@H]2c2ncc(-c3ccc(NC(=O)O)cn3)[nH]2)C1. The monoisotopic (exact) mass is 482 g/mol. The Morgan fingerprint density at radius 1 is 1.24 bits per heavy atom. The first-order chi connectivity index (χ1) is 16.3. The van der Waals surface area contributed by atoms with Crippen molar-refractivity contribution >= 4 is 40.5 Å².